The summed E-state index contributed by atoms with van der Waals surface area (Å²) < 4.78 is 5.85. The highest BCUT2D eigenvalue weighted by Gasteiger charge is 2.32. The molecule has 2 aromatic rings. The summed E-state index contributed by atoms with van der Waals surface area (Å²) in [5.41, 5.74) is 2.56. The Hall–Kier alpha value is -2.05. The fourth-order valence-corrected chi connectivity index (χ4v) is 4.46. The second kappa shape index (κ2) is 7.06. The summed E-state index contributed by atoms with van der Waals surface area (Å²) >= 11 is 1.87. The van der Waals surface area contributed by atoms with E-state index >= 15 is 0 Å². The number of aliphatic hydroxyl groups is 1. The number of pyridine rings is 1. The Kier molecular flexibility index (Phi) is 4.63. The molecule has 0 bridgehead atoms. The molecule has 2 N–H and O–H groups in total. The first-order chi connectivity index (χ1) is 12.2. The van der Waals surface area contributed by atoms with Gasteiger partial charge in [0.1, 0.15) is 6.10 Å². The normalized spacial score (nSPS) is 24.8. The van der Waals surface area contributed by atoms with Crippen molar-refractivity contribution in [2.75, 3.05) is 11.5 Å². The summed E-state index contributed by atoms with van der Waals surface area (Å²) in [5.74, 6) is 2.31. The molecule has 0 radical (unpaired) electrons. The molecular formula is C19H20N2O3S. The molecule has 1 amide bonds. The number of ether oxygens (including phenoxy) is 1. The molecule has 1 aliphatic heterocycles. The zero-order chi connectivity index (χ0) is 17.2. The van der Waals surface area contributed by atoms with E-state index in [2.05, 4.69) is 10.3 Å². The predicted octanol–water partition coefficient (Wildman–Crippen LogP) is 2.35. The maximum Gasteiger partial charge on any atom is 0.252 e. The third-order valence-electron chi connectivity index (χ3n) is 4.66. The summed E-state index contributed by atoms with van der Waals surface area (Å²) in [6.45, 7) is 0. The summed E-state index contributed by atoms with van der Waals surface area (Å²) in [5, 5.41) is 13.2. The number of carbonyl (C=O) groups is 1. The lowest BCUT2D eigenvalue weighted by Gasteiger charge is -2.18. The van der Waals surface area contributed by atoms with Crippen molar-refractivity contribution >= 4 is 17.7 Å². The van der Waals surface area contributed by atoms with Gasteiger partial charge in [-0.15, -0.1) is 0 Å². The van der Waals surface area contributed by atoms with Crippen molar-refractivity contribution in [2.24, 2.45) is 0 Å². The van der Waals surface area contributed by atoms with E-state index in [1.807, 2.05) is 36.0 Å². The number of nitrogens with zero attached hydrogens (tertiary/aromatic N) is 1. The van der Waals surface area contributed by atoms with Gasteiger partial charge in [-0.3, -0.25) is 4.79 Å². The van der Waals surface area contributed by atoms with E-state index in [1.54, 1.807) is 18.3 Å². The van der Waals surface area contributed by atoms with E-state index in [-0.39, 0.29) is 18.1 Å². The fraction of sp³-hybridized carbons (Fsp3) is 0.368. The maximum atomic E-state index is 12.6. The van der Waals surface area contributed by atoms with Crippen molar-refractivity contribution in [3.63, 3.8) is 0 Å². The predicted molar refractivity (Wildman–Crippen MR) is 97.0 cm³/mol. The molecule has 0 saturated carbocycles. The minimum atomic E-state index is -0.602. The number of hydrogen-bond donors (Lipinski definition) is 2. The first-order valence-corrected chi connectivity index (χ1v) is 9.63. The molecule has 1 aromatic carbocycles. The molecule has 3 atom stereocenters. The molecule has 1 aromatic heterocycles. The molecule has 130 valence electrons. The van der Waals surface area contributed by atoms with Crippen molar-refractivity contribution in [1.29, 1.82) is 0 Å². The van der Waals surface area contributed by atoms with Gasteiger partial charge in [0.25, 0.3) is 5.91 Å². The van der Waals surface area contributed by atoms with Crippen LogP contribution in [-0.4, -0.2) is 39.7 Å². The van der Waals surface area contributed by atoms with E-state index in [0.29, 0.717) is 17.9 Å². The highest BCUT2D eigenvalue weighted by molar-refractivity contribution is 7.99. The van der Waals surface area contributed by atoms with Gasteiger partial charge in [-0.1, -0.05) is 24.3 Å². The number of amides is 1. The highest BCUT2D eigenvalue weighted by Crippen LogP contribution is 2.31. The molecular weight excluding hydrogens is 336 g/mol. The monoisotopic (exact) mass is 356 g/mol. The summed E-state index contributed by atoms with van der Waals surface area (Å²) in [7, 11) is 0. The van der Waals surface area contributed by atoms with Gasteiger partial charge < -0.3 is 15.2 Å². The van der Waals surface area contributed by atoms with Gasteiger partial charge in [0.15, 0.2) is 0 Å². The number of hydrogen-bond acceptors (Lipinski definition) is 5. The number of fused-ring (bicyclic) bond motifs is 1. The van der Waals surface area contributed by atoms with Crippen LogP contribution >= 0.6 is 11.8 Å². The molecule has 2 heterocycles. The quantitative estimate of drug-likeness (QED) is 0.880. The van der Waals surface area contributed by atoms with Crippen molar-refractivity contribution < 1.29 is 14.6 Å². The molecule has 1 saturated heterocycles. The lowest BCUT2D eigenvalue weighted by atomic mass is 10.1. The van der Waals surface area contributed by atoms with E-state index < -0.39 is 6.10 Å². The first kappa shape index (κ1) is 16.4. The van der Waals surface area contributed by atoms with Crippen LogP contribution in [0.5, 0.6) is 5.88 Å². The average molecular weight is 356 g/mol. The molecule has 1 aliphatic carbocycles. The second-order valence-corrected chi connectivity index (χ2v) is 7.56. The largest absolute Gasteiger partial charge is 0.473 e. The fourth-order valence-electron chi connectivity index (χ4n) is 3.36. The van der Waals surface area contributed by atoms with Crippen molar-refractivity contribution in [3.8, 4) is 5.88 Å². The minimum absolute atomic E-state index is 0.166. The van der Waals surface area contributed by atoms with Crippen molar-refractivity contribution in [1.82, 2.24) is 10.3 Å². The van der Waals surface area contributed by atoms with E-state index in [1.165, 1.54) is 0 Å². The summed E-state index contributed by atoms with van der Waals surface area (Å²) in [6.07, 6.45) is 2.72. The Morgan fingerprint density at radius 1 is 1.32 bits per heavy atom. The highest BCUT2D eigenvalue weighted by atomic mass is 32.2. The summed E-state index contributed by atoms with van der Waals surface area (Å²) in [4.78, 5) is 16.8. The standard InChI is InChI=1S/C19H20N2O3S/c22-16-9-12-3-1-2-4-15(12)18(16)21-19(23)13-5-7-20-17(10-13)24-14-6-8-25-11-14/h1-5,7,10,14,16,18,22H,6,8-9,11H2,(H,21,23). The molecule has 0 spiro atoms. The molecule has 2 aliphatic rings. The molecule has 25 heavy (non-hydrogen) atoms. The van der Waals surface area contributed by atoms with E-state index in [9.17, 15) is 9.90 Å². The molecule has 6 heteroatoms. The van der Waals surface area contributed by atoms with Crippen LogP contribution in [0.2, 0.25) is 0 Å². The topological polar surface area (TPSA) is 71.5 Å². The van der Waals surface area contributed by atoms with Gasteiger partial charge in [-0.25, -0.2) is 4.98 Å². The van der Waals surface area contributed by atoms with Crippen LogP contribution in [0.4, 0.5) is 0 Å². The van der Waals surface area contributed by atoms with Crippen LogP contribution in [0.25, 0.3) is 0 Å². The zero-order valence-corrected chi connectivity index (χ0v) is 14.5. The minimum Gasteiger partial charge on any atom is -0.473 e. The second-order valence-electron chi connectivity index (χ2n) is 6.41. The first-order valence-electron chi connectivity index (χ1n) is 8.48. The Morgan fingerprint density at radius 2 is 2.20 bits per heavy atom. The van der Waals surface area contributed by atoms with E-state index in [4.69, 9.17) is 4.74 Å². The Balaban J connectivity index is 1.48. The van der Waals surface area contributed by atoms with Gasteiger partial charge in [0.2, 0.25) is 5.88 Å². The van der Waals surface area contributed by atoms with Crippen LogP contribution in [0, 0.1) is 0 Å². The van der Waals surface area contributed by atoms with Crippen LogP contribution in [0.1, 0.15) is 33.9 Å². The van der Waals surface area contributed by atoms with Gasteiger partial charge >= 0.3 is 0 Å². The maximum absolute atomic E-state index is 12.6. The Bertz CT molecular complexity index is 777. The number of aliphatic hydroxyl groups excluding tert-OH is 1. The molecule has 3 unspecified atom stereocenters. The van der Waals surface area contributed by atoms with Crippen LogP contribution in [0.15, 0.2) is 42.6 Å². The smallest absolute Gasteiger partial charge is 0.252 e. The Morgan fingerprint density at radius 3 is 3.04 bits per heavy atom. The number of thioether (sulfide) groups is 1. The third-order valence-corrected chi connectivity index (χ3v) is 5.79. The summed E-state index contributed by atoms with van der Waals surface area (Å²) in [6, 6.07) is 10.8. The molecule has 4 rings (SSSR count). The van der Waals surface area contributed by atoms with Crippen molar-refractivity contribution in [3.05, 3.63) is 59.3 Å². The number of carbonyl (C=O) groups excluding carboxylic acids is 1. The number of aromatic nitrogens is 1. The van der Waals surface area contributed by atoms with Gasteiger partial charge in [0.05, 0.1) is 12.1 Å². The van der Waals surface area contributed by atoms with Gasteiger partial charge in [-0.05, 0) is 29.4 Å². The Labute approximate surface area is 150 Å². The van der Waals surface area contributed by atoms with Crippen molar-refractivity contribution in [2.45, 2.75) is 31.1 Å². The van der Waals surface area contributed by atoms with Gasteiger partial charge in [0, 0.05) is 30.0 Å². The lowest BCUT2D eigenvalue weighted by molar-refractivity contribution is 0.0857. The number of benzene rings is 1. The lowest BCUT2D eigenvalue weighted by Crippen LogP contribution is -2.33. The van der Waals surface area contributed by atoms with E-state index in [0.717, 1.165) is 29.1 Å². The zero-order valence-electron chi connectivity index (χ0n) is 13.7. The van der Waals surface area contributed by atoms with Crippen LogP contribution < -0.4 is 10.1 Å². The van der Waals surface area contributed by atoms with Crippen LogP contribution in [0.3, 0.4) is 0 Å². The number of rotatable bonds is 4. The van der Waals surface area contributed by atoms with Gasteiger partial charge in [-0.2, -0.15) is 11.8 Å². The number of nitrogens with one attached hydrogen (secondary N) is 1. The molecule has 1 fully saturated rings. The van der Waals surface area contributed by atoms with Crippen LogP contribution in [-0.2, 0) is 6.42 Å². The third kappa shape index (κ3) is 3.50. The molecule has 5 nitrogen and oxygen atoms in total. The average Bonchev–Trinajstić information content (AvgIpc) is 3.23. The SMILES string of the molecule is O=C(NC1c2ccccc2CC1O)c1ccnc(OC2CCSC2)c1.